The first kappa shape index (κ1) is 21.4. The molecule has 1 aromatic heterocycles. The minimum Gasteiger partial charge on any atom is -0.474 e. The highest BCUT2D eigenvalue weighted by molar-refractivity contribution is 7.86. The van der Waals surface area contributed by atoms with Gasteiger partial charge in [0.2, 0.25) is 5.88 Å². The number of hydrogen-bond donors (Lipinski definition) is 1. The van der Waals surface area contributed by atoms with Crippen LogP contribution in [0.3, 0.4) is 0 Å². The lowest BCUT2D eigenvalue weighted by molar-refractivity contribution is 0.0268. The second-order valence-corrected chi connectivity index (χ2v) is 8.69. The number of nitrogens with one attached hydrogen (secondary N) is 1. The molecular formula is C17H21Cl2N3O5S. The van der Waals surface area contributed by atoms with E-state index in [0.29, 0.717) is 35.5 Å². The van der Waals surface area contributed by atoms with Crippen molar-refractivity contribution in [1.82, 2.24) is 15.1 Å². The zero-order chi connectivity index (χ0) is 20.0. The highest BCUT2D eigenvalue weighted by atomic mass is 35.5. The Hall–Kier alpha value is -1.36. The lowest BCUT2D eigenvalue weighted by atomic mass is 10.2. The minimum atomic E-state index is -3.62. The third-order valence-electron chi connectivity index (χ3n) is 4.02. The van der Waals surface area contributed by atoms with Crippen LogP contribution < -0.4 is 10.1 Å². The molecule has 1 aliphatic heterocycles. The van der Waals surface area contributed by atoms with Gasteiger partial charge in [0.05, 0.1) is 34.2 Å². The zero-order valence-corrected chi connectivity index (χ0v) is 17.3. The smallest absolute Gasteiger partial charge is 0.267 e. The molecule has 1 aliphatic rings. The Morgan fingerprint density at radius 2 is 2.11 bits per heavy atom. The molecule has 0 bridgehead atoms. The predicted molar refractivity (Wildman–Crippen MR) is 106 cm³/mol. The third-order valence-corrected chi connectivity index (χ3v) is 6.02. The number of benzene rings is 1. The molecular weight excluding hydrogens is 429 g/mol. The molecule has 1 atom stereocenters. The van der Waals surface area contributed by atoms with Crippen molar-refractivity contribution in [2.75, 3.05) is 38.7 Å². The first-order valence-electron chi connectivity index (χ1n) is 8.76. The van der Waals surface area contributed by atoms with E-state index in [1.807, 2.05) is 0 Å². The minimum absolute atomic E-state index is 0.0547. The van der Waals surface area contributed by atoms with E-state index >= 15 is 0 Å². The van der Waals surface area contributed by atoms with Gasteiger partial charge in [0, 0.05) is 25.4 Å². The van der Waals surface area contributed by atoms with Crippen molar-refractivity contribution >= 4 is 33.3 Å². The molecule has 1 aromatic carbocycles. The summed E-state index contributed by atoms with van der Waals surface area (Å²) in [5.41, 5.74) is 0.725. The van der Waals surface area contributed by atoms with Gasteiger partial charge in [-0.15, -0.1) is 5.10 Å². The van der Waals surface area contributed by atoms with Crippen LogP contribution in [0.15, 0.2) is 30.5 Å². The normalized spacial score (nSPS) is 17.6. The van der Waals surface area contributed by atoms with Gasteiger partial charge in [0.1, 0.15) is 13.2 Å². The molecule has 1 fully saturated rings. The van der Waals surface area contributed by atoms with Crippen LogP contribution in [-0.4, -0.2) is 63.0 Å². The zero-order valence-electron chi connectivity index (χ0n) is 15.0. The van der Waals surface area contributed by atoms with Crippen LogP contribution in [0.1, 0.15) is 6.42 Å². The standard InChI is InChI=1S/C17H21Cl2N3O5S/c18-15-2-1-13(11-16(15)19)22-6-3-17(21-22)26-8-9-27-28(23,24)10-4-14-12-20-5-7-25-14/h1-3,6,11,14,20H,4-5,7-10,12H2. The summed E-state index contributed by atoms with van der Waals surface area (Å²) < 4.78 is 41.3. The van der Waals surface area contributed by atoms with Crippen LogP contribution in [0.25, 0.3) is 5.69 Å². The second-order valence-electron chi connectivity index (χ2n) is 6.11. The molecule has 0 spiro atoms. The number of hydrogen-bond acceptors (Lipinski definition) is 7. The predicted octanol–water partition coefficient (Wildman–Crippen LogP) is 2.28. The highest BCUT2D eigenvalue weighted by Gasteiger charge is 2.18. The number of aromatic nitrogens is 2. The van der Waals surface area contributed by atoms with Crippen LogP contribution in [0, 0.1) is 0 Å². The molecule has 0 saturated carbocycles. The van der Waals surface area contributed by atoms with E-state index in [1.54, 1.807) is 35.1 Å². The van der Waals surface area contributed by atoms with E-state index in [0.717, 1.165) is 12.2 Å². The monoisotopic (exact) mass is 449 g/mol. The average Bonchev–Trinajstić information content (AvgIpc) is 3.16. The molecule has 1 saturated heterocycles. The van der Waals surface area contributed by atoms with E-state index in [2.05, 4.69) is 10.4 Å². The average molecular weight is 450 g/mol. The molecule has 154 valence electrons. The summed E-state index contributed by atoms with van der Waals surface area (Å²) in [4.78, 5) is 0. The van der Waals surface area contributed by atoms with Crippen molar-refractivity contribution in [2.45, 2.75) is 12.5 Å². The van der Waals surface area contributed by atoms with Crippen molar-refractivity contribution in [3.8, 4) is 11.6 Å². The van der Waals surface area contributed by atoms with Crippen molar-refractivity contribution in [2.24, 2.45) is 0 Å². The lowest BCUT2D eigenvalue weighted by Gasteiger charge is -2.23. The molecule has 28 heavy (non-hydrogen) atoms. The van der Waals surface area contributed by atoms with Gasteiger partial charge in [0.15, 0.2) is 0 Å². The summed E-state index contributed by atoms with van der Waals surface area (Å²) in [6.45, 7) is 2.00. The summed E-state index contributed by atoms with van der Waals surface area (Å²) >= 11 is 11.9. The molecule has 1 unspecified atom stereocenters. The number of nitrogens with zero attached hydrogens (tertiary/aromatic N) is 2. The molecule has 8 nitrogen and oxygen atoms in total. The summed E-state index contributed by atoms with van der Waals surface area (Å²) in [5, 5.41) is 8.28. The summed E-state index contributed by atoms with van der Waals surface area (Å²) in [6.07, 6.45) is 1.99. The third kappa shape index (κ3) is 6.33. The fourth-order valence-electron chi connectivity index (χ4n) is 2.60. The Labute approximate surface area is 173 Å². The lowest BCUT2D eigenvalue weighted by Crippen LogP contribution is -2.39. The molecule has 1 N–H and O–H groups in total. The first-order chi connectivity index (χ1) is 13.4. The van der Waals surface area contributed by atoms with Gasteiger partial charge in [0.25, 0.3) is 10.1 Å². The summed E-state index contributed by atoms with van der Waals surface area (Å²) in [6, 6.07) is 6.78. The van der Waals surface area contributed by atoms with Crippen molar-refractivity contribution in [3.63, 3.8) is 0 Å². The van der Waals surface area contributed by atoms with Gasteiger partial charge in [-0.05, 0) is 24.6 Å². The van der Waals surface area contributed by atoms with Crippen LogP contribution >= 0.6 is 23.2 Å². The van der Waals surface area contributed by atoms with E-state index in [4.69, 9.17) is 36.9 Å². The Balaban J connectivity index is 1.41. The Kier molecular flexibility index (Phi) is 7.55. The molecule has 11 heteroatoms. The van der Waals surface area contributed by atoms with E-state index in [9.17, 15) is 8.42 Å². The fourth-order valence-corrected chi connectivity index (χ4v) is 3.89. The number of rotatable bonds is 9. The van der Waals surface area contributed by atoms with Gasteiger partial charge in [-0.1, -0.05) is 23.2 Å². The number of ether oxygens (including phenoxy) is 2. The van der Waals surface area contributed by atoms with Gasteiger partial charge in [-0.3, -0.25) is 4.18 Å². The highest BCUT2D eigenvalue weighted by Crippen LogP contribution is 2.24. The molecule has 2 heterocycles. The van der Waals surface area contributed by atoms with Gasteiger partial charge in [-0.2, -0.15) is 8.42 Å². The van der Waals surface area contributed by atoms with E-state index in [1.165, 1.54) is 0 Å². The van der Waals surface area contributed by atoms with Crippen molar-refractivity contribution in [1.29, 1.82) is 0 Å². The molecule has 3 rings (SSSR count). The van der Waals surface area contributed by atoms with Crippen LogP contribution in [0.5, 0.6) is 5.88 Å². The maximum atomic E-state index is 11.9. The van der Waals surface area contributed by atoms with Gasteiger partial charge >= 0.3 is 0 Å². The van der Waals surface area contributed by atoms with E-state index < -0.39 is 10.1 Å². The Morgan fingerprint density at radius 3 is 2.86 bits per heavy atom. The molecule has 0 radical (unpaired) electrons. The van der Waals surface area contributed by atoms with Crippen molar-refractivity contribution in [3.05, 3.63) is 40.5 Å². The van der Waals surface area contributed by atoms with Gasteiger partial charge in [-0.25, -0.2) is 4.68 Å². The second kappa shape index (κ2) is 9.91. The SMILES string of the molecule is O=S(=O)(CCC1CNCCO1)OCCOc1ccn(-c2ccc(Cl)c(Cl)c2)n1. The molecule has 0 amide bonds. The summed E-state index contributed by atoms with van der Waals surface area (Å²) in [5.74, 6) is 0.249. The van der Waals surface area contributed by atoms with Crippen LogP contribution in [-0.2, 0) is 19.0 Å². The quantitative estimate of drug-likeness (QED) is 0.463. The topological polar surface area (TPSA) is 91.7 Å². The van der Waals surface area contributed by atoms with Gasteiger partial charge < -0.3 is 14.8 Å². The number of morpholine rings is 1. The van der Waals surface area contributed by atoms with Crippen molar-refractivity contribution < 1.29 is 22.1 Å². The largest absolute Gasteiger partial charge is 0.474 e. The van der Waals surface area contributed by atoms with E-state index in [-0.39, 0.29) is 25.1 Å². The fraction of sp³-hybridized carbons (Fsp3) is 0.471. The first-order valence-corrected chi connectivity index (χ1v) is 11.1. The number of halogens is 2. The maximum Gasteiger partial charge on any atom is 0.267 e. The molecule has 0 aliphatic carbocycles. The molecule has 2 aromatic rings. The Morgan fingerprint density at radius 1 is 1.25 bits per heavy atom. The summed E-state index contributed by atoms with van der Waals surface area (Å²) in [7, 11) is -3.62. The maximum absolute atomic E-state index is 11.9. The van der Waals surface area contributed by atoms with Crippen LogP contribution in [0.4, 0.5) is 0 Å². The van der Waals surface area contributed by atoms with Crippen LogP contribution in [0.2, 0.25) is 10.0 Å². The Bertz CT molecular complexity index is 885.